The maximum Gasteiger partial charge on any atom is 0.314 e. The van der Waals surface area contributed by atoms with Crippen LogP contribution in [-0.2, 0) is 16.0 Å². The number of nitrogens with zero attached hydrogens (tertiary/aromatic N) is 3. The summed E-state index contributed by atoms with van der Waals surface area (Å²) in [5, 5.41) is 3.39. The van der Waals surface area contributed by atoms with Gasteiger partial charge in [-0.2, -0.15) is 0 Å². The number of azide groups is 1. The van der Waals surface area contributed by atoms with Crippen molar-refractivity contribution in [2.24, 2.45) is 5.11 Å². The van der Waals surface area contributed by atoms with Gasteiger partial charge in [-0.3, -0.25) is 4.79 Å². The van der Waals surface area contributed by atoms with Gasteiger partial charge in [-0.05, 0) is 29.6 Å². The summed E-state index contributed by atoms with van der Waals surface area (Å²) in [6.45, 7) is -0.550. The van der Waals surface area contributed by atoms with E-state index >= 15 is 0 Å². The second-order valence-corrected chi connectivity index (χ2v) is 3.63. The highest BCUT2D eigenvalue weighted by Crippen LogP contribution is 2.15. The number of halogens is 1. The number of carbonyl (C=O) groups is 1. The molecule has 0 aromatic heterocycles. The van der Waals surface area contributed by atoms with Crippen molar-refractivity contribution in [3.05, 3.63) is 40.3 Å². The van der Waals surface area contributed by atoms with Crippen molar-refractivity contribution in [1.29, 1.82) is 0 Å². The molecule has 0 aliphatic carbocycles. The smallest absolute Gasteiger partial charge is 0.314 e. The molecule has 6 nitrogen and oxygen atoms in total. The number of benzene rings is 1. The Hall–Kier alpha value is -2.27. The number of hydrogen-bond donors (Lipinski definition) is 0. The third-order valence-electron chi connectivity index (χ3n) is 2.36. The summed E-state index contributed by atoms with van der Waals surface area (Å²) >= 11 is 0. The van der Waals surface area contributed by atoms with Gasteiger partial charge in [0.05, 0.1) is 7.11 Å². The Labute approximate surface area is 109 Å². The van der Waals surface area contributed by atoms with Crippen molar-refractivity contribution in [1.82, 2.24) is 0 Å². The lowest BCUT2D eigenvalue weighted by atomic mass is 10.1. The summed E-state index contributed by atoms with van der Waals surface area (Å²) in [6, 6.07) is 5.87. The lowest BCUT2D eigenvalue weighted by molar-refractivity contribution is -0.142. The van der Waals surface area contributed by atoms with Crippen LogP contribution in [0.5, 0.6) is 5.75 Å². The quantitative estimate of drug-likeness (QED) is 0.329. The van der Waals surface area contributed by atoms with E-state index in [0.717, 1.165) is 5.56 Å². The van der Waals surface area contributed by atoms with E-state index in [4.69, 9.17) is 10.3 Å². The number of esters is 1. The number of rotatable bonds is 7. The lowest BCUT2D eigenvalue weighted by Gasteiger charge is -2.09. The monoisotopic (exact) mass is 267 g/mol. The average Bonchev–Trinajstić information content (AvgIpc) is 2.45. The Morgan fingerprint density at radius 3 is 2.68 bits per heavy atom. The Balaban J connectivity index is 2.69. The number of methoxy groups -OCH3 is 1. The van der Waals surface area contributed by atoms with Crippen LogP contribution in [0.25, 0.3) is 10.4 Å². The average molecular weight is 267 g/mol. The van der Waals surface area contributed by atoms with Crippen LogP contribution < -0.4 is 4.74 Å². The predicted octanol–water partition coefficient (Wildman–Crippen LogP) is 2.43. The van der Waals surface area contributed by atoms with E-state index in [1.807, 2.05) is 0 Å². The van der Waals surface area contributed by atoms with Crippen molar-refractivity contribution in [3.63, 3.8) is 0 Å². The van der Waals surface area contributed by atoms with E-state index in [9.17, 15) is 9.18 Å². The fourth-order valence-corrected chi connectivity index (χ4v) is 1.47. The van der Waals surface area contributed by atoms with Gasteiger partial charge in [0.2, 0.25) is 0 Å². The number of hydrogen-bond acceptors (Lipinski definition) is 4. The minimum Gasteiger partial charge on any atom is -0.491 e. The molecule has 19 heavy (non-hydrogen) atoms. The third-order valence-corrected chi connectivity index (χ3v) is 2.36. The second-order valence-electron chi connectivity index (χ2n) is 3.63. The van der Waals surface area contributed by atoms with E-state index in [0.29, 0.717) is 5.75 Å². The van der Waals surface area contributed by atoms with Gasteiger partial charge in [-0.15, -0.1) is 0 Å². The van der Waals surface area contributed by atoms with Crippen molar-refractivity contribution in [2.45, 2.75) is 12.5 Å². The van der Waals surface area contributed by atoms with Crippen LogP contribution in [0, 0.1) is 0 Å². The summed E-state index contributed by atoms with van der Waals surface area (Å²) in [6.07, 6.45) is 0.236. The zero-order valence-corrected chi connectivity index (χ0v) is 10.5. The third kappa shape index (κ3) is 4.85. The molecule has 0 unspecified atom stereocenters. The van der Waals surface area contributed by atoms with Gasteiger partial charge in [0.1, 0.15) is 25.1 Å². The first-order valence-corrected chi connectivity index (χ1v) is 5.61. The molecular weight excluding hydrogens is 253 g/mol. The van der Waals surface area contributed by atoms with E-state index in [2.05, 4.69) is 14.8 Å². The van der Waals surface area contributed by atoms with Crippen LogP contribution in [0.2, 0.25) is 0 Å². The number of ether oxygens (including phenoxy) is 2. The highest BCUT2D eigenvalue weighted by molar-refractivity contribution is 5.76. The standard InChI is InChI=1S/C12H14FN3O3/c1-18-12(17)11(15-16-14)8-9-2-4-10(5-3-9)19-7-6-13/h2-5,11H,6-8H2,1H3/t11-/m1/s1. The molecule has 102 valence electrons. The topological polar surface area (TPSA) is 84.3 Å². The van der Waals surface area contributed by atoms with Crippen molar-refractivity contribution in [2.75, 3.05) is 20.4 Å². The minimum absolute atomic E-state index is 0.00284. The molecule has 0 fully saturated rings. The fourth-order valence-electron chi connectivity index (χ4n) is 1.47. The zero-order chi connectivity index (χ0) is 14.1. The van der Waals surface area contributed by atoms with Crippen LogP contribution in [0.4, 0.5) is 4.39 Å². The van der Waals surface area contributed by atoms with Crippen LogP contribution in [-0.4, -0.2) is 32.4 Å². The molecule has 0 saturated carbocycles. The molecule has 0 radical (unpaired) electrons. The lowest BCUT2D eigenvalue weighted by Crippen LogP contribution is -2.22. The Morgan fingerprint density at radius 2 is 2.16 bits per heavy atom. The van der Waals surface area contributed by atoms with Crippen LogP contribution in [0.15, 0.2) is 29.4 Å². The Morgan fingerprint density at radius 1 is 1.47 bits per heavy atom. The number of carbonyl (C=O) groups excluding carboxylic acids is 1. The molecule has 0 heterocycles. The molecule has 0 aliphatic rings. The zero-order valence-electron chi connectivity index (χ0n) is 10.5. The normalized spacial score (nSPS) is 11.3. The maximum atomic E-state index is 11.9. The largest absolute Gasteiger partial charge is 0.491 e. The molecule has 1 aromatic rings. The van der Waals surface area contributed by atoms with E-state index in [1.54, 1.807) is 24.3 Å². The van der Waals surface area contributed by atoms with Gasteiger partial charge in [0.15, 0.2) is 0 Å². The van der Waals surface area contributed by atoms with Crippen molar-refractivity contribution in [3.8, 4) is 5.75 Å². The molecule has 0 amide bonds. The molecule has 1 atom stereocenters. The van der Waals surface area contributed by atoms with Gasteiger partial charge < -0.3 is 9.47 Å². The summed E-state index contributed by atoms with van der Waals surface area (Å²) in [7, 11) is 1.23. The van der Waals surface area contributed by atoms with Crippen molar-refractivity contribution >= 4 is 5.97 Å². The van der Waals surface area contributed by atoms with Gasteiger partial charge in [-0.25, -0.2) is 4.39 Å². The molecule has 0 saturated heterocycles. The second kappa shape index (κ2) is 7.94. The van der Waals surface area contributed by atoms with Gasteiger partial charge in [0.25, 0.3) is 0 Å². The van der Waals surface area contributed by atoms with Gasteiger partial charge >= 0.3 is 5.97 Å². The van der Waals surface area contributed by atoms with E-state index in [-0.39, 0.29) is 13.0 Å². The van der Waals surface area contributed by atoms with Crippen LogP contribution >= 0.6 is 0 Å². The fraction of sp³-hybridized carbons (Fsp3) is 0.417. The van der Waals surface area contributed by atoms with Crippen LogP contribution in [0.3, 0.4) is 0 Å². The maximum absolute atomic E-state index is 11.9. The molecule has 0 aliphatic heterocycles. The molecule has 1 aromatic carbocycles. The first-order valence-electron chi connectivity index (χ1n) is 5.61. The Bertz CT molecular complexity index is 458. The molecular formula is C12H14FN3O3. The molecule has 7 heteroatoms. The van der Waals surface area contributed by atoms with Crippen molar-refractivity contribution < 1.29 is 18.7 Å². The molecule has 0 N–H and O–H groups in total. The first kappa shape index (κ1) is 14.8. The first-order chi connectivity index (χ1) is 9.21. The summed E-state index contributed by atoms with van der Waals surface area (Å²) in [4.78, 5) is 14.0. The van der Waals surface area contributed by atoms with E-state index < -0.39 is 18.7 Å². The summed E-state index contributed by atoms with van der Waals surface area (Å²) in [5.41, 5.74) is 9.18. The predicted molar refractivity (Wildman–Crippen MR) is 66.6 cm³/mol. The molecule has 1 rings (SSSR count). The van der Waals surface area contributed by atoms with Gasteiger partial charge in [-0.1, -0.05) is 17.2 Å². The Kier molecular flexibility index (Phi) is 6.18. The SMILES string of the molecule is COC(=O)[C@@H](Cc1ccc(OCCF)cc1)N=[N+]=[N-]. The summed E-state index contributed by atoms with van der Waals surface area (Å²) < 4.78 is 21.5. The summed E-state index contributed by atoms with van der Waals surface area (Å²) in [5.74, 6) is -0.0460. The highest BCUT2D eigenvalue weighted by atomic mass is 19.1. The van der Waals surface area contributed by atoms with E-state index in [1.165, 1.54) is 7.11 Å². The molecule has 0 bridgehead atoms. The number of alkyl halides is 1. The highest BCUT2D eigenvalue weighted by Gasteiger charge is 2.17. The van der Waals surface area contributed by atoms with Gasteiger partial charge in [0, 0.05) is 4.91 Å². The minimum atomic E-state index is -0.896. The molecule has 0 spiro atoms. The van der Waals surface area contributed by atoms with Crippen LogP contribution in [0.1, 0.15) is 5.56 Å².